The van der Waals surface area contributed by atoms with Gasteiger partial charge in [0.15, 0.2) is 0 Å². The van der Waals surface area contributed by atoms with Gasteiger partial charge in [-0.1, -0.05) is 0 Å². The quantitative estimate of drug-likeness (QED) is 0.766. The number of hydrogen-bond donors (Lipinski definition) is 2. The molecule has 0 aliphatic carbocycles. The standard InChI is InChI=1S/C14H10F3N7/c1-19-12-9(14(15,16)17)6-20-13(23-12)22-10-7-21-24-3-2-8(5-18)4-11(10)24/h2-4,6-7H,1H3,(H2,19,20,22,23). The summed E-state index contributed by atoms with van der Waals surface area (Å²) >= 11 is 0. The van der Waals surface area contributed by atoms with E-state index < -0.39 is 11.7 Å². The lowest BCUT2D eigenvalue weighted by Crippen LogP contribution is -2.12. The Labute approximate surface area is 133 Å². The number of anilines is 3. The van der Waals surface area contributed by atoms with Gasteiger partial charge in [-0.25, -0.2) is 9.50 Å². The predicted octanol–water partition coefficient (Wildman–Crippen LogP) is 2.80. The van der Waals surface area contributed by atoms with E-state index in [0.29, 0.717) is 23.0 Å². The van der Waals surface area contributed by atoms with Crippen LogP contribution in [0.15, 0.2) is 30.7 Å². The number of hydrogen-bond acceptors (Lipinski definition) is 6. The van der Waals surface area contributed by atoms with Crippen molar-refractivity contribution in [2.45, 2.75) is 6.18 Å². The van der Waals surface area contributed by atoms with Crippen molar-refractivity contribution in [2.75, 3.05) is 17.7 Å². The molecule has 122 valence electrons. The molecule has 0 atom stereocenters. The van der Waals surface area contributed by atoms with E-state index in [-0.39, 0.29) is 11.8 Å². The Bertz CT molecular complexity index is 940. The highest BCUT2D eigenvalue weighted by molar-refractivity contribution is 5.76. The van der Waals surface area contributed by atoms with Crippen LogP contribution in [-0.4, -0.2) is 26.6 Å². The van der Waals surface area contributed by atoms with Gasteiger partial charge in [-0.15, -0.1) is 0 Å². The summed E-state index contributed by atoms with van der Waals surface area (Å²) in [6.07, 6.45) is -0.779. The summed E-state index contributed by atoms with van der Waals surface area (Å²) in [5, 5.41) is 18.2. The van der Waals surface area contributed by atoms with Gasteiger partial charge >= 0.3 is 6.18 Å². The van der Waals surface area contributed by atoms with Crippen LogP contribution in [0, 0.1) is 11.3 Å². The molecule has 0 spiro atoms. The van der Waals surface area contributed by atoms with E-state index in [1.165, 1.54) is 17.8 Å². The van der Waals surface area contributed by atoms with E-state index in [0.717, 1.165) is 0 Å². The molecule has 0 bridgehead atoms. The molecule has 24 heavy (non-hydrogen) atoms. The molecule has 0 saturated carbocycles. The van der Waals surface area contributed by atoms with Crippen molar-refractivity contribution in [2.24, 2.45) is 0 Å². The van der Waals surface area contributed by atoms with Crippen LogP contribution >= 0.6 is 0 Å². The second kappa shape index (κ2) is 5.69. The molecule has 3 aromatic rings. The Balaban J connectivity index is 1.99. The van der Waals surface area contributed by atoms with Crippen LogP contribution in [0.1, 0.15) is 11.1 Å². The molecule has 3 rings (SSSR count). The van der Waals surface area contributed by atoms with Gasteiger partial charge in [0.25, 0.3) is 0 Å². The van der Waals surface area contributed by atoms with E-state index in [9.17, 15) is 13.2 Å². The van der Waals surface area contributed by atoms with Gasteiger partial charge in [-0.05, 0) is 12.1 Å². The van der Waals surface area contributed by atoms with Gasteiger partial charge < -0.3 is 10.6 Å². The van der Waals surface area contributed by atoms with E-state index in [2.05, 4.69) is 25.7 Å². The maximum absolute atomic E-state index is 12.9. The topological polar surface area (TPSA) is 90.9 Å². The zero-order valence-electron chi connectivity index (χ0n) is 12.3. The van der Waals surface area contributed by atoms with Crippen LogP contribution < -0.4 is 10.6 Å². The second-order valence-electron chi connectivity index (χ2n) is 4.74. The van der Waals surface area contributed by atoms with Crippen molar-refractivity contribution in [3.05, 3.63) is 41.9 Å². The number of nitrogens with one attached hydrogen (secondary N) is 2. The molecule has 7 nitrogen and oxygen atoms in total. The maximum atomic E-state index is 12.9. The summed E-state index contributed by atoms with van der Waals surface area (Å²) in [7, 11) is 1.34. The largest absolute Gasteiger partial charge is 0.421 e. The van der Waals surface area contributed by atoms with Gasteiger partial charge in [-0.3, -0.25) is 0 Å². The number of halogens is 3. The Hall–Kier alpha value is -3.35. The summed E-state index contributed by atoms with van der Waals surface area (Å²) in [6, 6.07) is 5.20. The lowest BCUT2D eigenvalue weighted by molar-refractivity contribution is -0.137. The first-order chi connectivity index (χ1) is 11.4. The average molecular weight is 333 g/mol. The lowest BCUT2D eigenvalue weighted by atomic mass is 10.2. The Morgan fingerprint density at radius 1 is 1.29 bits per heavy atom. The van der Waals surface area contributed by atoms with Crippen molar-refractivity contribution in [1.82, 2.24) is 19.6 Å². The molecule has 0 fully saturated rings. The van der Waals surface area contributed by atoms with Crippen LogP contribution in [0.4, 0.5) is 30.6 Å². The van der Waals surface area contributed by atoms with E-state index in [1.807, 2.05) is 6.07 Å². The number of fused-ring (bicyclic) bond motifs is 1. The number of rotatable bonds is 3. The number of pyridine rings is 1. The summed E-state index contributed by atoms with van der Waals surface area (Å²) in [4.78, 5) is 7.52. The van der Waals surface area contributed by atoms with Crippen LogP contribution in [0.3, 0.4) is 0 Å². The Kier molecular flexibility index (Phi) is 3.69. The summed E-state index contributed by atoms with van der Waals surface area (Å²) in [5.74, 6) is -0.362. The fourth-order valence-corrected chi connectivity index (χ4v) is 2.11. The first-order valence-electron chi connectivity index (χ1n) is 6.69. The number of nitriles is 1. The molecule has 10 heteroatoms. The SMILES string of the molecule is CNc1nc(Nc2cnn3ccc(C#N)cc23)ncc1C(F)(F)F. The van der Waals surface area contributed by atoms with Gasteiger partial charge in [0.05, 0.1) is 29.0 Å². The van der Waals surface area contributed by atoms with E-state index >= 15 is 0 Å². The molecular weight excluding hydrogens is 323 g/mol. The molecular formula is C14H10F3N7. The third-order valence-electron chi connectivity index (χ3n) is 3.23. The van der Waals surface area contributed by atoms with Crippen LogP contribution in [0.25, 0.3) is 5.52 Å². The van der Waals surface area contributed by atoms with Crippen molar-refractivity contribution >= 4 is 23.0 Å². The molecule has 0 aliphatic heterocycles. The maximum Gasteiger partial charge on any atom is 0.421 e. The molecule has 0 amide bonds. The van der Waals surface area contributed by atoms with Crippen LogP contribution in [0.5, 0.6) is 0 Å². The molecule has 3 heterocycles. The Morgan fingerprint density at radius 2 is 2.08 bits per heavy atom. The number of aromatic nitrogens is 4. The minimum absolute atomic E-state index is 0.0235. The molecule has 0 saturated heterocycles. The van der Waals surface area contributed by atoms with Crippen molar-refractivity contribution in [3.63, 3.8) is 0 Å². The Morgan fingerprint density at radius 3 is 2.75 bits per heavy atom. The second-order valence-corrected chi connectivity index (χ2v) is 4.74. The minimum Gasteiger partial charge on any atom is -0.372 e. The first kappa shape index (κ1) is 15.5. The molecule has 3 aromatic heterocycles. The van der Waals surface area contributed by atoms with Crippen LogP contribution in [-0.2, 0) is 6.18 Å². The third kappa shape index (κ3) is 2.79. The zero-order chi connectivity index (χ0) is 17.3. The van der Waals surface area contributed by atoms with Crippen molar-refractivity contribution in [1.29, 1.82) is 5.26 Å². The van der Waals surface area contributed by atoms with Gasteiger partial charge in [0, 0.05) is 19.4 Å². The highest BCUT2D eigenvalue weighted by Gasteiger charge is 2.35. The predicted molar refractivity (Wildman–Crippen MR) is 79.8 cm³/mol. The molecule has 0 aromatic carbocycles. The summed E-state index contributed by atoms with van der Waals surface area (Å²) < 4.78 is 40.1. The molecule has 2 N–H and O–H groups in total. The molecule has 0 aliphatic rings. The number of nitrogens with zero attached hydrogens (tertiary/aromatic N) is 5. The molecule has 0 radical (unpaired) electrons. The van der Waals surface area contributed by atoms with Crippen molar-refractivity contribution < 1.29 is 13.2 Å². The number of alkyl halides is 3. The van der Waals surface area contributed by atoms with Gasteiger partial charge in [-0.2, -0.15) is 28.5 Å². The van der Waals surface area contributed by atoms with Gasteiger partial charge in [0.1, 0.15) is 11.4 Å². The highest BCUT2D eigenvalue weighted by Crippen LogP contribution is 2.34. The van der Waals surface area contributed by atoms with Crippen molar-refractivity contribution in [3.8, 4) is 6.07 Å². The first-order valence-corrected chi connectivity index (χ1v) is 6.69. The highest BCUT2D eigenvalue weighted by atomic mass is 19.4. The monoisotopic (exact) mass is 333 g/mol. The van der Waals surface area contributed by atoms with E-state index in [4.69, 9.17) is 5.26 Å². The van der Waals surface area contributed by atoms with Crippen LogP contribution in [0.2, 0.25) is 0 Å². The summed E-state index contributed by atoms with van der Waals surface area (Å²) in [6.45, 7) is 0. The third-order valence-corrected chi connectivity index (χ3v) is 3.23. The zero-order valence-corrected chi connectivity index (χ0v) is 12.3. The molecule has 0 unspecified atom stereocenters. The van der Waals surface area contributed by atoms with E-state index in [1.54, 1.807) is 18.3 Å². The van der Waals surface area contributed by atoms with Gasteiger partial charge in [0.2, 0.25) is 5.95 Å². The normalized spacial score (nSPS) is 11.3. The minimum atomic E-state index is -4.55. The summed E-state index contributed by atoms with van der Waals surface area (Å²) in [5.41, 5.74) is 0.509. The lowest BCUT2D eigenvalue weighted by Gasteiger charge is -2.12. The smallest absolute Gasteiger partial charge is 0.372 e. The fraction of sp³-hybridized carbons (Fsp3) is 0.143. The average Bonchev–Trinajstić information content (AvgIpc) is 2.95. The fourth-order valence-electron chi connectivity index (χ4n) is 2.11.